The molecule has 128 valence electrons. The Hall–Kier alpha value is -2.71. The quantitative estimate of drug-likeness (QED) is 0.839. The van der Waals surface area contributed by atoms with E-state index >= 15 is 0 Å². The fraction of sp³-hybridized carbons (Fsp3) is 0.300. The van der Waals surface area contributed by atoms with Gasteiger partial charge in [0.1, 0.15) is 11.9 Å². The highest BCUT2D eigenvalue weighted by atomic mass is 19.1. The lowest BCUT2D eigenvalue weighted by Gasteiger charge is -2.45. The van der Waals surface area contributed by atoms with E-state index in [2.05, 4.69) is 0 Å². The molecule has 0 saturated carbocycles. The molecule has 1 amide bonds. The third-order valence-electron chi connectivity index (χ3n) is 4.45. The standard InChI is InChI=1S/C20H19FN2O2/c1-20(2)13-25-18(16-8-3-4-9-17(16)21)12-23(20)19(24)15-7-5-6-14(10-15)11-22/h3-10,18H,12-13H2,1-2H3. The lowest BCUT2D eigenvalue weighted by molar-refractivity contribution is -0.0857. The van der Waals surface area contributed by atoms with Crippen molar-refractivity contribution in [3.8, 4) is 6.07 Å². The summed E-state index contributed by atoms with van der Waals surface area (Å²) >= 11 is 0. The fourth-order valence-corrected chi connectivity index (χ4v) is 3.01. The topological polar surface area (TPSA) is 53.3 Å². The van der Waals surface area contributed by atoms with E-state index in [9.17, 15) is 9.18 Å². The number of hydrogen-bond donors (Lipinski definition) is 0. The van der Waals surface area contributed by atoms with E-state index in [1.54, 1.807) is 47.4 Å². The van der Waals surface area contributed by atoms with Crippen molar-refractivity contribution in [1.29, 1.82) is 5.26 Å². The van der Waals surface area contributed by atoms with Gasteiger partial charge in [0.2, 0.25) is 0 Å². The van der Waals surface area contributed by atoms with E-state index in [1.165, 1.54) is 6.07 Å². The summed E-state index contributed by atoms with van der Waals surface area (Å²) in [6.45, 7) is 4.38. The largest absolute Gasteiger partial charge is 0.369 e. The molecule has 3 rings (SSSR count). The van der Waals surface area contributed by atoms with Crippen molar-refractivity contribution in [3.05, 3.63) is 71.0 Å². The zero-order chi connectivity index (χ0) is 18.0. The van der Waals surface area contributed by atoms with Gasteiger partial charge < -0.3 is 9.64 Å². The number of carbonyl (C=O) groups excluding carboxylic acids is 1. The molecular formula is C20H19FN2O2. The second kappa shape index (κ2) is 6.66. The summed E-state index contributed by atoms with van der Waals surface area (Å²) in [5.74, 6) is -0.530. The van der Waals surface area contributed by atoms with Gasteiger partial charge in [-0.05, 0) is 38.1 Å². The molecule has 1 fully saturated rings. The van der Waals surface area contributed by atoms with Crippen molar-refractivity contribution < 1.29 is 13.9 Å². The Labute approximate surface area is 146 Å². The number of nitrogens with zero attached hydrogens (tertiary/aromatic N) is 2. The molecule has 0 N–H and O–H groups in total. The number of morpholine rings is 1. The second-order valence-corrected chi connectivity index (χ2v) is 6.74. The van der Waals surface area contributed by atoms with Crippen molar-refractivity contribution in [2.24, 2.45) is 0 Å². The lowest BCUT2D eigenvalue weighted by Crippen LogP contribution is -2.56. The van der Waals surface area contributed by atoms with Gasteiger partial charge in [-0.25, -0.2) is 4.39 Å². The zero-order valence-corrected chi connectivity index (χ0v) is 14.2. The molecule has 1 aliphatic rings. The Morgan fingerprint density at radius 3 is 2.76 bits per heavy atom. The minimum Gasteiger partial charge on any atom is -0.369 e. The normalized spacial score (nSPS) is 19.3. The highest BCUT2D eigenvalue weighted by Gasteiger charge is 2.39. The van der Waals surface area contributed by atoms with E-state index in [1.807, 2.05) is 19.9 Å². The van der Waals surface area contributed by atoms with E-state index in [-0.39, 0.29) is 18.3 Å². The highest BCUT2D eigenvalue weighted by molar-refractivity contribution is 5.95. The van der Waals surface area contributed by atoms with Crippen LogP contribution in [0, 0.1) is 17.1 Å². The number of nitriles is 1. The van der Waals surface area contributed by atoms with Crippen LogP contribution in [0.25, 0.3) is 0 Å². The van der Waals surface area contributed by atoms with E-state index in [0.29, 0.717) is 23.3 Å². The second-order valence-electron chi connectivity index (χ2n) is 6.74. The predicted octanol–water partition coefficient (Wildman–Crippen LogP) is 3.69. The molecule has 0 bridgehead atoms. The molecular weight excluding hydrogens is 319 g/mol. The van der Waals surface area contributed by atoms with Crippen molar-refractivity contribution in [2.45, 2.75) is 25.5 Å². The van der Waals surface area contributed by atoms with Gasteiger partial charge in [-0.3, -0.25) is 4.79 Å². The zero-order valence-electron chi connectivity index (χ0n) is 14.2. The van der Waals surface area contributed by atoms with Gasteiger partial charge in [-0.1, -0.05) is 24.3 Å². The first-order chi connectivity index (χ1) is 11.9. The Morgan fingerprint density at radius 2 is 2.04 bits per heavy atom. The smallest absolute Gasteiger partial charge is 0.254 e. The molecule has 1 saturated heterocycles. The van der Waals surface area contributed by atoms with Gasteiger partial charge >= 0.3 is 0 Å². The fourth-order valence-electron chi connectivity index (χ4n) is 3.01. The Bertz CT molecular complexity index is 842. The molecule has 1 aliphatic heterocycles. The van der Waals surface area contributed by atoms with Crippen LogP contribution < -0.4 is 0 Å². The minimum atomic E-state index is -0.526. The third kappa shape index (κ3) is 3.40. The number of rotatable bonds is 2. The monoisotopic (exact) mass is 338 g/mol. The molecule has 1 atom stereocenters. The third-order valence-corrected chi connectivity index (χ3v) is 4.45. The van der Waals surface area contributed by atoms with Crippen LogP contribution in [0.4, 0.5) is 4.39 Å². The van der Waals surface area contributed by atoms with Crippen molar-refractivity contribution >= 4 is 5.91 Å². The number of hydrogen-bond acceptors (Lipinski definition) is 3. The molecule has 0 radical (unpaired) electrons. The van der Waals surface area contributed by atoms with Crippen LogP contribution in [0.5, 0.6) is 0 Å². The first kappa shape index (κ1) is 17.1. The molecule has 5 heteroatoms. The van der Waals surface area contributed by atoms with Gasteiger partial charge in [0.05, 0.1) is 30.3 Å². The van der Waals surface area contributed by atoms with E-state index in [0.717, 1.165) is 0 Å². The molecule has 2 aromatic rings. The van der Waals surface area contributed by atoms with Crippen LogP contribution in [-0.2, 0) is 4.74 Å². The molecule has 4 nitrogen and oxygen atoms in total. The van der Waals surface area contributed by atoms with Crippen LogP contribution in [0.1, 0.15) is 41.4 Å². The SMILES string of the molecule is CC1(C)COC(c2ccccc2F)CN1C(=O)c1cccc(C#N)c1. The van der Waals surface area contributed by atoms with Gasteiger partial charge in [-0.15, -0.1) is 0 Å². The molecule has 0 spiro atoms. The maximum Gasteiger partial charge on any atom is 0.254 e. The van der Waals surface area contributed by atoms with Gasteiger partial charge in [-0.2, -0.15) is 5.26 Å². The first-order valence-electron chi connectivity index (χ1n) is 8.10. The van der Waals surface area contributed by atoms with Crippen molar-refractivity contribution in [3.63, 3.8) is 0 Å². The van der Waals surface area contributed by atoms with E-state index < -0.39 is 11.6 Å². The number of carbonyl (C=O) groups is 1. The number of halogens is 1. The molecule has 2 aromatic carbocycles. The van der Waals surface area contributed by atoms with Crippen LogP contribution in [0.3, 0.4) is 0 Å². The Kier molecular flexibility index (Phi) is 4.56. The minimum absolute atomic E-state index is 0.188. The summed E-state index contributed by atoms with van der Waals surface area (Å²) in [4.78, 5) is 14.7. The first-order valence-corrected chi connectivity index (χ1v) is 8.10. The lowest BCUT2D eigenvalue weighted by atomic mass is 9.96. The Balaban J connectivity index is 1.91. The molecule has 25 heavy (non-hydrogen) atoms. The summed E-state index contributed by atoms with van der Waals surface area (Å²) in [7, 11) is 0. The van der Waals surface area contributed by atoms with Gasteiger partial charge in [0, 0.05) is 11.1 Å². The maximum atomic E-state index is 14.1. The number of amides is 1. The predicted molar refractivity (Wildman–Crippen MR) is 91.4 cm³/mol. The molecule has 1 heterocycles. The summed E-state index contributed by atoms with van der Waals surface area (Å²) in [5.41, 5.74) is 0.798. The summed E-state index contributed by atoms with van der Waals surface area (Å²) in [5, 5.41) is 9.04. The van der Waals surface area contributed by atoms with Crippen LogP contribution in [0.2, 0.25) is 0 Å². The Morgan fingerprint density at radius 1 is 1.28 bits per heavy atom. The summed E-state index contributed by atoms with van der Waals surface area (Å²) < 4.78 is 19.9. The number of benzene rings is 2. The van der Waals surface area contributed by atoms with Crippen LogP contribution >= 0.6 is 0 Å². The van der Waals surface area contributed by atoms with Gasteiger partial charge in [0.15, 0.2) is 0 Å². The van der Waals surface area contributed by atoms with Gasteiger partial charge in [0.25, 0.3) is 5.91 Å². The van der Waals surface area contributed by atoms with Crippen molar-refractivity contribution in [2.75, 3.05) is 13.2 Å². The maximum absolute atomic E-state index is 14.1. The van der Waals surface area contributed by atoms with Crippen molar-refractivity contribution in [1.82, 2.24) is 4.90 Å². The van der Waals surface area contributed by atoms with Crippen LogP contribution in [-0.4, -0.2) is 29.5 Å². The number of ether oxygens (including phenoxy) is 1. The van der Waals surface area contributed by atoms with E-state index in [4.69, 9.17) is 10.00 Å². The molecule has 1 unspecified atom stereocenters. The summed E-state index contributed by atoms with van der Waals surface area (Å²) in [6, 6.07) is 15.1. The average molecular weight is 338 g/mol. The summed E-state index contributed by atoms with van der Waals surface area (Å²) in [6.07, 6.45) is -0.516. The highest BCUT2D eigenvalue weighted by Crippen LogP contribution is 2.32. The van der Waals surface area contributed by atoms with Crippen LogP contribution in [0.15, 0.2) is 48.5 Å². The molecule has 0 aromatic heterocycles. The average Bonchev–Trinajstić information content (AvgIpc) is 2.62. The molecule has 0 aliphatic carbocycles.